The van der Waals surface area contributed by atoms with Gasteiger partial charge in [-0.2, -0.15) is 0 Å². The lowest BCUT2D eigenvalue weighted by molar-refractivity contribution is -0.381. The molecule has 2 aliphatic heterocycles. The quantitative estimate of drug-likeness (QED) is 0.0387. The van der Waals surface area contributed by atoms with Gasteiger partial charge in [0, 0.05) is 0 Å². The summed E-state index contributed by atoms with van der Waals surface area (Å²) in [5.74, 6) is 0. The Labute approximate surface area is 651 Å². The lowest BCUT2D eigenvalue weighted by Gasteiger charge is -2.53. The summed E-state index contributed by atoms with van der Waals surface area (Å²) in [7, 11) is 0. The summed E-state index contributed by atoms with van der Waals surface area (Å²) in [6.45, 7) is 1.71. The predicted molar refractivity (Wildman–Crippen MR) is 420 cm³/mol. The van der Waals surface area contributed by atoms with Gasteiger partial charge in [-0.05, 0) is 61.2 Å². The van der Waals surface area contributed by atoms with Gasteiger partial charge in [0.15, 0.2) is 12.6 Å². The van der Waals surface area contributed by atoms with Gasteiger partial charge in [0.05, 0.1) is 85.9 Å². The highest BCUT2D eigenvalue weighted by Gasteiger charge is 2.60. The number of benzene rings is 11. The molecule has 16 atom stereocenters. The van der Waals surface area contributed by atoms with Crippen LogP contribution in [0.15, 0.2) is 334 Å². The van der Waals surface area contributed by atoms with Gasteiger partial charge in [0.25, 0.3) is 0 Å². The van der Waals surface area contributed by atoms with E-state index in [0.29, 0.717) is 0 Å². The summed E-state index contributed by atoms with van der Waals surface area (Å²) in [5.41, 5.74) is 10.00. The number of ether oxygens (including phenoxy) is 15. The van der Waals surface area contributed by atoms with Crippen LogP contribution in [-0.4, -0.2) is 116 Å². The summed E-state index contributed by atoms with van der Waals surface area (Å²) in [4.78, 5) is 0. The zero-order valence-corrected chi connectivity index (χ0v) is 62.3. The van der Waals surface area contributed by atoms with Crippen molar-refractivity contribution in [3.05, 3.63) is 395 Å². The highest BCUT2D eigenvalue weighted by molar-refractivity contribution is 5.23. The van der Waals surface area contributed by atoms with Crippen molar-refractivity contribution in [1.82, 2.24) is 0 Å². The first-order valence-corrected chi connectivity index (χ1v) is 38.4. The second-order valence-corrected chi connectivity index (χ2v) is 28.1. The Morgan fingerprint density at radius 3 is 0.559 bits per heavy atom. The van der Waals surface area contributed by atoms with E-state index in [-0.39, 0.29) is 85.9 Å². The van der Waals surface area contributed by atoms with Crippen LogP contribution < -0.4 is 0 Å². The van der Waals surface area contributed by atoms with E-state index >= 15 is 0 Å². The summed E-state index contributed by atoms with van der Waals surface area (Å²) < 4.78 is 110. The molecule has 3 aliphatic rings. The molecular weight excluding hydrogens is 1400 g/mol. The van der Waals surface area contributed by atoms with Gasteiger partial charge in [0.1, 0.15) is 85.5 Å². The lowest BCUT2D eigenvalue weighted by Crippen LogP contribution is -2.70. The van der Waals surface area contributed by atoms with E-state index in [4.69, 9.17) is 71.1 Å². The average Bonchev–Trinajstić information content (AvgIpc) is 0.750. The van der Waals surface area contributed by atoms with Crippen LogP contribution in [-0.2, 0) is 144 Å². The summed E-state index contributed by atoms with van der Waals surface area (Å²) in [6, 6.07) is 110. The van der Waals surface area contributed by atoms with Gasteiger partial charge < -0.3 is 76.2 Å². The number of aliphatic hydroxyl groups excluding tert-OH is 1. The molecule has 16 nitrogen and oxygen atoms in total. The first-order valence-electron chi connectivity index (χ1n) is 38.4. The van der Waals surface area contributed by atoms with Crippen LogP contribution in [0.5, 0.6) is 0 Å². The second-order valence-electron chi connectivity index (χ2n) is 28.1. The summed E-state index contributed by atoms with van der Waals surface area (Å²) in [5, 5.41) is 14.5. The molecule has 14 rings (SSSR count). The minimum Gasteiger partial charge on any atom is -0.387 e. The molecule has 1 aliphatic carbocycles. The van der Waals surface area contributed by atoms with Crippen molar-refractivity contribution >= 4 is 0 Å². The summed E-state index contributed by atoms with van der Waals surface area (Å²) in [6.07, 6.45) is -18.1. The Morgan fingerprint density at radius 2 is 0.351 bits per heavy atom. The highest BCUT2D eigenvalue weighted by atomic mass is 16.8. The Kier molecular flexibility index (Phi) is 29.6. The Balaban J connectivity index is 0.913. The third-order valence-corrected chi connectivity index (χ3v) is 20.1. The molecule has 0 spiro atoms. The van der Waals surface area contributed by atoms with Gasteiger partial charge in [-0.1, -0.05) is 334 Å². The molecule has 0 amide bonds. The molecule has 16 heteroatoms. The molecule has 111 heavy (non-hydrogen) atoms. The molecular formula is C95H98O16. The fourth-order valence-electron chi connectivity index (χ4n) is 14.3. The maximum atomic E-state index is 14.5. The van der Waals surface area contributed by atoms with Gasteiger partial charge >= 0.3 is 0 Å². The molecule has 11 aromatic carbocycles. The van der Waals surface area contributed by atoms with E-state index in [1.54, 1.807) is 0 Å². The standard InChI is InChI=1S/C95H98O16/c96-82-85(110-94-92(106-65-78-52-30-10-31-53-78)87(101-60-73-42-20-5-21-43-73)83(99-58-71-38-16-3-17-39-71)80(108-94)67-97-56-69-34-12-1-13-35-69)89(103-62-75-46-24-7-25-47-75)91(105-64-77-50-28-9-29-51-77)90(104-63-76-48-26-8-27-49-76)86(82)111-95-93(107-66-79-54-32-11-33-55-79)88(102-61-74-44-22-6-23-45-74)84(100-59-72-40-18-4-19-41-72)81(109-95)68-98-57-70-36-14-2-15-37-70/h1-55,80-96H,56-68H2/t80?,81?,82?,83-,84+,85?,86?,87+,88?,89?,90-,91?,92?,93+,94+,95+/m0/s1. The van der Waals surface area contributed by atoms with Crippen LogP contribution >= 0.6 is 0 Å². The lowest BCUT2D eigenvalue weighted by atomic mass is 9.83. The van der Waals surface area contributed by atoms with Crippen molar-refractivity contribution in [2.75, 3.05) is 13.2 Å². The third-order valence-electron chi connectivity index (χ3n) is 20.1. The van der Waals surface area contributed by atoms with Crippen LogP contribution in [0.2, 0.25) is 0 Å². The van der Waals surface area contributed by atoms with Crippen LogP contribution in [0, 0.1) is 0 Å². The van der Waals surface area contributed by atoms with E-state index < -0.39 is 98.0 Å². The fraction of sp³-hybridized carbons (Fsp3) is 0.305. The minimum atomic E-state index is -1.67. The number of aliphatic hydroxyl groups is 1. The van der Waals surface area contributed by atoms with Crippen molar-refractivity contribution in [2.24, 2.45) is 0 Å². The van der Waals surface area contributed by atoms with Crippen molar-refractivity contribution in [1.29, 1.82) is 0 Å². The molecule has 0 aromatic heterocycles. The van der Waals surface area contributed by atoms with Crippen LogP contribution in [0.4, 0.5) is 0 Å². The molecule has 1 saturated carbocycles. The van der Waals surface area contributed by atoms with E-state index in [1.165, 1.54) is 0 Å². The molecule has 0 bridgehead atoms. The van der Waals surface area contributed by atoms with Crippen molar-refractivity contribution < 1.29 is 76.2 Å². The van der Waals surface area contributed by atoms with Gasteiger partial charge in [0.2, 0.25) is 0 Å². The third kappa shape index (κ3) is 22.8. The molecule has 1 N–H and O–H groups in total. The van der Waals surface area contributed by atoms with Crippen molar-refractivity contribution in [3.63, 3.8) is 0 Å². The predicted octanol–water partition coefficient (Wildman–Crippen LogP) is 16.3. The van der Waals surface area contributed by atoms with E-state index in [9.17, 15) is 5.11 Å². The van der Waals surface area contributed by atoms with Crippen LogP contribution in [0.1, 0.15) is 61.2 Å². The zero-order valence-electron chi connectivity index (χ0n) is 62.3. The Bertz CT molecular complexity index is 4090. The van der Waals surface area contributed by atoms with Crippen molar-refractivity contribution in [3.8, 4) is 0 Å². The first-order chi connectivity index (χ1) is 55.0. The maximum absolute atomic E-state index is 14.5. The van der Waals surface area contributed by atoms with Gasteiger partial charge in [-0.15, -0.1) is 0 Å². The Hall–Kier alpha value is -9.22. The van der Waals surface area contributed by atoms with Gasteiger partial charge in [-0.25, -0.2) is 0 Å². The average molecular weight is 1500 g/mol. The highest BCUT2D eigenvalue weighted by Crippen LogP contribution is 2.41. The molecule has 0 radical (unpaired) electrons. The first kappa shape index (κ1) is 78.5. The van der Waals surface area contributed by atoms with Crippen LogP contribution in [0.25, 0.3) is 0 Å². The number of hydrogen-bond acceptors (Lipinski definition) is 16. The smallest absolute Gasteiger partial charge is 0.187 e. The largest absolute Gasteiger partial charge is 0.387 e. The van der Waals surface area contributed by atoms with Gasteiger partial charge in [-0.3, -0.25) is 0 Å². The molecule has 574 valence electrons. The summed E-state index contributed by atoms with van der Waals surface area (Å²) >= 11 is 0. The number of rotatable bonds is 39. The maximum Gasteiger partial charge on any atom is 0.187 e. The molecule has 2 saturated heterocycles. The minimum absolute atomic E-state index is 0.0269. The number of hydrogen-bond donors (Lipinski definition) is 1. The fourth-order valence-corrected chi connectivity index (χ4v) is 14.3. The molecule has 9 unspecified atom stereocenters. The Morgan fingerprint density at radius 1 is 0.189 bits per heavy atom. The normalized spacial score (nSPS) is 24.6. The second kappa shape index (κ2) is 41.9. The molecule has 3 fully saturated rings. The van der Waals surface area contributed by atoms with Crippen LogP contribution in [0.3, 0.4) is 0 Å². The topological polar surface area (TPSA) is 159 Å². The molecule has 2 heterocycles. The monoisotopic (exact) mass is 1490 g/mol. The molecule has 11 aromatic rings. The SMILES string of the molecule is OC1C(O[C@H]2OC(COCc3ccccc3)[C@H](OCc3ccccc3)[C@@H](OCc3ccccc3)C2OCc2ccccc2)C(OCc2ccccc2)C(OCc2ccccc2)[C@@H](OCc2ccccc2)C1O[C@H]1OC(COCc2ccccc2)[C@@H](OCc2ccccc2)C(OCc2ccccc2)[C@H]1OCc1ccccc1. The van der Waals surface area contributed by atoms with E-state index in [1.807, 2.05) is 334 Å². The zero-order chi connectivity index (χ0) is 75.3. The van der Waals surface area contributed by atoms with E-state index in [0.717, 1.165) is 61.2 Å². The van der Waals surface area contributed by atoms with Crippen molar-refractivity contribution in [2.45, 2.75) is 171 Å². The van der Waals surface area contributed by atoms with E-state index in [2.05, 4.69) is 0 Å².